The molecule has 2 rings (SSSR count). The quantitative estimate of drug-likeness (QED) is 0.816. The van der Waals surface area contributed by atoms with Gasteiger partial charge in [0.1, 0.15) is 11.5 Å². The fourth-order valence-electron chi connectivity index (χ4n) is 1.70. The molecule has 6 heteroatoms. The molecular weight excluding hydrogens is 270 g/mol. The number of carbonyl (C=O) groups is 1. The monoisotopic (exact) mass is 285 g/mol. The van der Waals surface area contributed by atoms with Crippen LogP contribution in [0.1, 0.15) is 18.2 Å². The van der Waals surface area contributed by atoms with Gasteiger partial charge in [0.15, 0.2) is 6.10 Å². The summed E-state index contributed by atoms with van der Waals surface area (Å²) in [4.78, 5) is 11.9. The van der Waals surface area contributed by atoms with E-state index in [4.69, 9.17) is 20.1 Å². The zero-order valence-electron chi connectivity index (χ0n) is 11.5. The first kappa shape index (κ1) is 14.5. The second-order valence-electron chi connectivity index (χ2n) is 4.42. The number of nitriles is 1. The molecule has 0 saturated heterocycles. The number of nitrogens with two attached hydrogens (primary N) is 1. The number of nitrogens with one attached hydrogen (secondary N) is 1. The summed E-state index contributed by atoms with van der Waals surface area (Å²) in [6.07, 6.45) is 0.828. The molecule has 1 unspecified atom stereocenters. The van der Waals surface area contributed by atoms with Crippen molar-refractivity contribution in [3.8, 4) is 11.8 Å². The Balaban J connectivity index is 1.93. The van der Waals surface area contributed by atoms with Crippen LogP contribution in [0.25, 0.3) is 0 Å². The van der Waals surface area contributed by atoms with Crippen molar-refractivity contribution in [2.75, 3.05) is 5.73 Å². The van der Waals surface area contributed by atoms with Gasteiger partial charge in [0, 0.05) is 0 Å². The van der Waals surface area contributed by atoms with Crippen molar-refractivity contribution >= 4 is 11.6 Å². The summed E-state index contributed by atoms with van der Waals surface area (Å²) in [7, 11) is 0. The van der Waals surface area contributed by atoms with Crippen molar-refractivity contribution in [1.29, 1.82) is 5.26 Å². The Hall–Kier alpha value is -2.94. The molecule has 6 nitrogen and oxygen atoms in total. The van der Waals surface area contributed by atoms with Crippen molar-refractivity contribution in [1.82, 2.24) is 5.32 Å². The molecule has 1 amide bonds. The smallest absolute Gasteiger partial charge is 0.261 e. The number of rotatable bonds is 5. The zero-order valence-corrected chi connectivity index (χ0v) is 11.5. The summed E-state index contributed by atoms with van der Waals surface area (Å²) in [6, 6.07) is 10.2. The van der Waals surface area contributed by atoms with E-state index in [0.29, 0.717) is 29.3 Å². The average Bonchev–Trinajstić information content (AvgIpc) is 3.00. The summed E-state index contributed by atoms with van der Waals surface area (Å²) in [5.74, 6) is 0.748. The highest BCUT2D eigenvalue weighted by Gasteiger charge is 2.16. The predicted molar refractivity (Wildman–Crippen MR) is 76.2 cm³/mol. The molecule has 0 spiro atoms. The van der Waals surface area contributed by atoms with Gasteiger partial charge in [-0.15, -0.1) is 0 Å². The van der Waals surface area contributed by atoms with Gasteiger partial charge in [-0.2, -0.15) is 5.26 Å². The molecule has 3 N–H and O–H groups in total. The molecule has 1 aromatic carbocycles. The van der Waals surface area contributed by atoms with Crippen molar-refractivity contribution in [3.05, 3.63) is 47.9 Å². The molecule has 0 radical (unpaired) electrons. The molecule has 0 aliphatic carbocycles. The lowest BCUT2D eigenvalue weighted by molar-refractivity contribution is -0.127. The second kappa shape index (κ2) is 6.48. The van der Waals surface area contributed by atoms with Gasteiger partial charge in [0.2, 0.25) is 0 Å². The maximum atomic E-state index is 11.9. The lowest BCUT2D eigenvalue weighted by Gasteiger charge is -2.15. The summed E-state index contributed by atoms with van der Waals surface area (Å²) in [5, 5.41) is 11.5. The molecular formula is C15H15N3O3. The molecule has 0 fully saturated rings. The normalized spacial score (nSPS) is 11.4. The number of furan rings is 1. The van der Waals surface area contributed by atoms with Crippen LogP contribution in [0.15, 0.2) is 41.0 Å². The number of hydrogen-bond acceptors (Lipinski definition) is 5. The Labute approximate surface area is 122 Å². The van der Waals surface area contributed by atoms with E-state index in [0.717, 1.165) is 0 Å². The van der Waals surface area contributed by atoms with Crippen molar-refractivity contribution in [2.45, 2.75) is 19.6 Å². The van der Waals surface area contributed by atoms with Crippen LogP contribution in [0.5, 0.6) is 5.75 Å². The summed E-state index contributed by atoms with van der Waals surface area (Å²) < 4.78 is 10.6. The highest BCUT2D eigenvalue weighted by atomic mass is 16.5. The maximum Gasteiger partial charge on any atom is 0.261 e. The molecule has 1 aromatic heterocycles. The fraction of sp³-hybridized carbons (Fsp3) is 0.200. The van der Waals surface area contributed by atoms with Gasteiger partial charge in [-0.3, -0.25) is 4.79 Å². The van der Waals surface area contributed by atoms with E-state index in [9.17, 15) is 4.79 Å². The molecule has 21 heavy (non-hydrogen) atoms. The van der Waals surface area contributed by atoms with Gasteiger partial charge in [-0.1, -0.05) is 0 Å². The van der Waals surface area contributed by atoms with Crippen molar-refractivity contribution in [2.24, 2.45) is 0 Å². The number of benzene rings is 1. The minimum atomic E-state index is -0.713. The van der Waals surface area contributed by atoms with Crippen molar-refractivity contribution in [3.63, 3.8) is 0 Å². The topological polar surface area (TPSA) is 101 Å². The first-order chi connectivity index (χ1) is 10.1. The first-order valence-corrected chi connectivity index (χ1v) is 6.36. The molecule has 0 aliphatic heterocycles. The van der Waals surface area contributed by atoms with E-state index in [1.165, 1.54) is 6.07 Å². The number of nitrogen functional groups attached to an aromatic ring is 1. The fourth-order valence-corrected chi connectivity index (χ4v) is 1.70. The molecule has 0 aliphatic rings. The number of carbonyl (C=O) groups excluding carboxylic acids is 1. The van der Waals surface area contributed by atoms with E-state index in [2.05, 4.69) is 5.32 Å². The minimum absolute atomic E-state index is 0.282. The van der Waals surface area contributed by atoms with Gasteiger partial charge in [0.05, 0.1) is 30.1 Å². The molecule has 1 heterocycles. The molecule has 2 aromatic rings. The van der Waals surface area contributed by atoms with Gasteiger partial charge in [0.25, 0.3) is 5.91 Å². The molecule has 1 atom stereocenters. The van der Waals surface area contributed by atoms with Crippen LogP contribution < -0.4 is 15.8 Å². The SMILES string of the molecule is CC(Oc1ccc(C#N)cc1N)C(=O)NCc1ccco1. The van der Waals surface area contributed by atoms with Gasteiger partial charge < -0.3 is 20.2 Å². The Bertz CT molecular complexity index is 659. The number of amides is 1. The Morgan fingerprint density at radius 2 is 2.33 bits per heavy atom. The third-order valence-electron chi connectivity index (χ3n) is 2.83. The van der Waals surface area contributed by atoms with Crippen LogP contribution in [0.4, 0.5) is 5.69 Å². The predicted octanol–water partition coefficient (Wildman–Crippen LogP) is 1.82. The van der Waals surface area contributed by atoms with E-state index in [-0.39, 0.29) is 5.91 Å². The summed E-state index contributed by atoms with van der Waals surface area (Å²) in [5.41, 5.74) is 6.53. The van der Waals surface area contributed by atoms with Crippen molar-refractivity contribution < 1.29 is 13.9 Å². The van der Waals surface area contributed by atoms with E-state index in [1.54, 1.807) is 37.5 Å². The second-order valence-corrected chi connectivity index (χ2v) is 4.42. The highest BCUT2D eigenvalue weighted by Crippen LogP contribution is 2.23. The third-order valence-corrected chi connectivity index (χ3v) is 2.83. The first-order valence-electron chi connectivity index (χ1n) is 6.36. The van der Waals surface area contributed by atoms with E-state index < -0.39 is 6.10 Å². The maximum absolute atomic E-state index is 11.9. The summed E-state index contributed by atoms with van der Waals surface area (Å²) in [6.45, 7) is 1.91. The van der Waals surface area contributed by atoms with Crippen LogP contribution in [0.2, 0.25) is 0 Å². The summed E-state index contributed by atoms with van der Waals surface area (Å²) >= 11 is 0. The van der Waals surface area contributed by atoms with E-state index in [1.807, 2.05) is 6.07 Å². The largest absolute Gasteiger partial charge is 0.479 e. The van der Waals surface area contributed by atoms with Crippen LogP contribution in [-0.2, 0) is 11.3 Å². The van der Waals surface area contributed by atoms with Gasteiger partial charge in [-0.25, -0.2) is 0 Å². The number of ether oxygens (including phenoxy) is 1. The highest BCUT2D eigenvalue weighted by molar-refractivity contribution is 5.80. The molecule has 108 valence electrons. The number of anilines is 1. The molecule has 0 saturated carbocycles. The van der Waals surface area contributed by atoms with Gasteiger partial charge >= 0.3 is 0 Å². The Morgan fingerprint density at radius 3 is 2.95 bits per heavy atom. The average molecular weight is 285 g/mol. The standard InChI is InChI=1S/C15H15N3O3/c1-10(15(19)18-9-12-3-2-6-20-12)21-14-5-4-11(8-16)7-13(14)17/h2-7,10H,9,17H2,1H3,(H,18,19). The minimum Gasteiger partial charge on any atom is -0.479 e. The van der Waals surface area contributed by atoms with Crippen LogP contribution in [0.3, 0.4) is 0 Å². The lowest BCUT2D eigenvalue weighted by Crippen LogP contribution is -2.35. The number of hydrogen-bond donors (Lipinski definition) is 2. The Kier molecular flexibility index (Phi) is 4.46. The zero-order chi connectivity index (χ0) is 15.2. The number of nitrogens with zero attached hydrogens (tertiary/aromatic N) is 1. The van der Waals surface area contributed by atoms with Crippen LogP contribution in [-0.4, -0.2) is 12.0 Å². The molecule has 0 bridgehead atoms. The Morgan fingerprint density at radius 1 is 1.52 bits per heavy atom. The van der Waals surface area contributed by atoms with Crippen LogP contribution in [0, 0.1) is 11.3 Å². The lowest BCUT2D eigenvalue weighted by atomic mass is 10.2. The van der Waals surface area contributed by atoms with Gasteiger partial charge in [-0.05, 0) is 37.3 Å². The van der Waals surface area contributed by atoms with E-state index >= 15 is 0 Å². The van der Waals surface area contributed by atoms with Crippen LogP contribution >= 0.6 is 0 Å². The third kappa shape index (κ3) is 3.76.